The van der Waals surface area contributed by atoms with Gasteiger partial charge in [-0.3, -0.25) is 0 Å². The van der Waals surface area contributed by atoms with Crippen molar-refractivity contribution in [1.29, 1.82) is 0 Å². The molecule has 7 heteroatoms. The highest BCUT2D eigenvalue weighted by Gasteiger charge is 2.41. The molecule has 21 heavy (non-hydrogen) atoms. The Bertz CT molecular complexity index is 525. The number of anilines is 1. The third-order valence-electron chi connectivity index (χ3n) is 3.61. The van der Waals surface area contributed by atoms with Crippen LogP contribution in [0.15, 0.2) is 18.2 Å². The van der Waals surface area contributed by atoms with Gasteiger partial charge in [-0.25, -0.2) is 4.79 Å². The van der Waals surface area contributed by atoms with Crippen LogP contribution in [0.25, 0.3) is 0 Å². The van der Waals surface area contributed by atoms with Crippen LogP contribution in [-0.4, -0.2) is 30.2 Å². The van der Waals surface area contributed by atoms with E-state index in [1.54, 1.807) is 12.1 Å². The van der Waals surface area contributed by atoms with Crippen LogP contribution in [0, 0.1) is 12.8 Å². The smallest absolute Gasteiger partial charge is 0.325 e. The summed E-state index contributed by atoms with van der Waals surface area (Å²) >= 11 is 5.98. The summed E-state index contributed by atoms with van der Waals surface area (Å²) in [5.41, 5.74) is 1.41. The van der Waals surface area contributed by atoms with Crippen LogP contribution in [0.1, 0.15) is 18.4 Å². The highest BCUT2D eigenvalue weighted by molar-refractivity contribution is 6.33. The fourth-order valence-corrected chi connectivity index (χ4v) is 2.50. The van der Waals surface area contributed by atoms with Crippen LogP contribution < -0.4 is 5.32 Å². The van der Waals surface area contributed by atoms with Gasteiger partial charge in [0.1, 0.15) is 0 Å². The molecule has 1 fully saturated rings. The highest BCUT2D eigenvalue weighted by Crippen LogP contribution is 2.34. The number of halogens is 4. The molecule has 1 N–H and O–H groups in total. The largest absolute Gasteiger partial charge is 0.391 e. The quantitative estimate of drug-likeness (QED) is 0.814. The number of nitrogens with zero attached hydrogens (tertiary/aromatic N) is 1. The predicted octanol–water partition coefficient (Wildman–Crippen LogP) is 4.45. The van der Waals surface area contributed by atoms with Crippen molar-refractivity contribution in [2.45, 2.75) is 25.9 Å². The molecule has 0 bridgehead atoms. The van der Waals surface area contributed by atoms with E-state index in [1.165, 1.54) is 4.90 Å². The molecule has 1 aliphatic rings. The topological polar surface area (TPSA) is 32.3 Å². The molecule has 2 amide bonds. The molecular weight excluding hydrogens is 305 g/mol. The molecule has 1 saturated heterocycles. The number of benzene rings is 1. The van der Waals surface area contributed by atoms with Crippen LogP contribution in [0.2, 0.25) is 5.02 Å². The summed E-state index contributed by atoms with van der Waals surface area (Å²) in [5.74, 6) is -1.32. The zero-order valence-corrected chi connectivity index (χ0v) is 12.3. The number of rotatable bonds is 1. The number of aryl methyl sites for hydroxylation is 1. The van der Waals surface area contributed by atoms with E-state index in [-0.39, 0.29) is 25.9 Å². The van der Waals surface area contributed by atoms with Gasteiger partial charge in [0.15, 0.2) is 0 Å². The Labute approximate surface area is 126 Å². The van der Waals surface area contributed by atoms with Crippen molar-refractivity contribution in [2.24, 2.45) is 5.92 Å². The molecule has 1 aliphatic heterocycles. The minimum absolute atomic E-state index is 0.0571. The number of amides is 2. The standard InChI is InChI=1S/C14H16ClF3N2O/c1-9-2-3-11(15)12(8-9)19-13(21)20-6-4-10(5-7-20)14(16,17)18/h2-3,8,10H,4-7H2,1H3,(H,19,21). The Hall–Kier alpha value is -1.43. The molecule has 1 aromatic carbocycles. The molecule has 1 heterocycles. The lowest BCUT2D eigenvalue weighted by molar-refractivity contribution is -0.183. The lowest BCUT2D eigenvalue weighted by Gasteiger charge is -2.33. The van der Waals surface area contributed by atoms with Crippen molar-refractivity contribution < 1.29 is 18.0 Å². The summed E-state index contributed by atoms with van der Waals surface area (Å²) in [6.07, 6.45) is -4.29. The average Bonchev–Trinajstić information content (AvgIpc) is 2.42. The predicted molar refractivity (Wildman–Crippen MR) is 75.6 cm³/mol. The Morgan fingerprint density at radius 2 is 1.95 bits per heavy atom. The van der Waals surface area contributed by atoms with E-state index in [2.05, 4.69) is 5.32 Å². The lowest BCUT2D eigenvalue weighted by Crippen LogP contribution is -2.44. The third-order valence-corrected chi connectivity index (χ3v) is 3.94. The Morgan fingerprint density at radius 3 is 2.52 bits per heavy atom. The van der Waals surface area contributed by atoms with E-state index >= 15 is 0 Å². The van der Waals surface area contributed by atoms with Crippen molar-refractivity contribution in [3.05, 3.63) is 28.8 Å². The lowest BCUT2D eigenvalue weighted by atomic mass is 9.96. The molecule has 0 spiro atoms. The molecule has 0 unspecified atom stereocenters. The van der Waals surface area contributed by atoms with Gasteiger partial charge >= 0.3 is 12.2 Å². The van der Waals surface area contributed by atoms with Crippen molar-refractivity contribution in [3.63, 3.8) is 0 Å². The second-order valence-corrected chi connectivity index (χ2v) is 5.62. The summed E-state index contributed by atoms with van der Waals surface area (Å²) in [4.78, 5) is 13.5. The van der Waals surface area contributed by atoms with Crippen molar-refractivity contribution in [2.75, 3.05) is 18.4 Å². The number of carbonyl (C=O) groups excluding carboxylic acids is 1. The zero-order chi connectivity index (χ0) is 15.6. The average molecular weight is 321 g/mol. The number of urea groups is 1. The van der Waals surface area contributed by atoms with Crippen molar-refractivity contribution in [3.8, 4) is 0 Å². The second kappa shape index (κ2) is 6.13. The van der Waals surface area contributed by atoms with Crippen molar-refractivity contribution in [1.82, 2.24) is 4.90 Å². The first-order valence-corrected chi connectivity index (χ1v) is 7.04. The zero-order valence-electron chi connectivity index (χ0n) is 11.5. The first kappa shape index (κ1) is 15.9. The van der Waals surface area contributed by atoms with Crippen LogP contribution in [0.3, 0.4) is 0 Å². The molecule has 1 aromatic rings. The molecule has 116 valence electrons. The number of carbonyl (C=O) groups is 1. The third kappa shape index (κ3) is 4.03. The Kier molecular flexibility index (Phi) is 4.66. The summed E-state index contributed by atoms with van der Waals surface area (Å²) < 4.78 is 37.7. The van der Waals surface area contributed by atoms with Gasteiger partial charge in [-0.2, -0.15) is 13.2 Å². The number of alkyl halides is 3. The number of hydrogen-bond donors (Lipinski definition) is 1. The van der Waals surface area contributed by atoms with Gasteiger partial charge in [-0.05, 0) is 37.5 Å². The molecule has 0 aliphatic carbocycles. The first-order chi connectivity index (χ1) is 9.77. The number of likely N-dealkylation sites (tertiary alicyclic amines) is 1. The number of hydrogen-bond acceptors (Lipinski definition) is 1. The Balaban J connectivity index is 1.95. The van der Waals surface area contributed by atoms with E-state index < -0.39 is 18.1 Å². The minimum atomic E-state index is -4.18. The molecule has 0 aromatic heterocycles. The van der Waals surface area contributed by atoms with Crippen LogP contribution >= 0.6 is 11.6 Å². The minimum Gasteiger partial charge on any atom is -0.325 e. The van der Waals surface area contributed by atoms with E-state index in [9.17, 15) is 18.0 Å². The van der Waals surface area contributed by atoms with Crippen LogP contribution in [0.4, 0.5) is 23.7 Å². The van der Waals surface area contributed by atoms with Gasteiger partial charge in [0.05, 0.1) is 16.6 Å². The number of nitrogens with one attached hydrogen (secondary N) is 1. The summed E-state index contributed by atoms with van der Waals surface area (Å²) in [7, 11) is 0. The normalized spacial score (nSPS) is 16.9. The number of piperidine rings is 1. The molecule has 0 radical (unpaired) electrons. The maximum Gasteiger partial charge on any atom is 0.391 e. The summed E-state index contributed by atoms with van der Waals surface area (Å²) in [6, 6.07) is 4.79. The maximum absolute atomic E-state index is 12.6. The van der Waals surface area contributed by atoms with Gasteiger partial charge in [-0.15, -0.1) is 0 Å². The fourth-order valence-electron chi connectivity index (χ4n) is 2.34. The molecule has 0 saturated carbocycles. The SMILES string of the molecule is Cc1ccc(Cl)c(NC(=O)N2CCC(C(F)(F)F)CC2)c1. The molecular formula is C14H16ClF3N2O. The van der Waals surface area contributed by atoms with Gasteiger partial charge in [0.25, 0.3) is 0 Å². The summed E-state index contributed by atoms with van der Waals surface area (Å²) in [6.45, 7) is 2.06. The van der Waals surface area contributed by atoms with Gasteiger partial charge in [0.2, 0.25) is 0 Å². The van der Waals surface area contributed by atoms with Crippen molar-refractivity contribution >= 4 is 23.3 Å². The van der Waals surface area contributed by atoms with Crippen LogP contribution in [0.5, 0.6) is 0 Å². The van der Waals surface area contributed by atoms with Gasteiger partial charge in [-0.1, -0.05) is 17.7 Å². The monoisotopic (exact) mass is 320 g/mol. The molecule has 3 nitrogen and oxygen atoms in total. The van der Waals surface area contributed by atoms with E-state index in [1.807, 2.05) is 13.0 Å². The Morgan fingerprint density at radius 1 is 1.33 bits per heavy atom. The van der Waals surface area contributed by atoms with E-state index in [0.717, 1.165) is 5.56 Å². The van der Waals surface area contributed by atoms with Crippen LogP contribution in [-0.2, 0) is 0 Å². The molecule has 2 rings (SSSR count). The van der Waals surface area contributed by atoms with Gasteiger partial charge in [0, 0.05) is 13.1 Å². The fraction of sp³-hybridized carbons (Fsp3) is 0.500. The van der Waals surface area contributed by atoms with E-state index in [4.69, 9.17) is 11.6 Å². The second-order valence-electron chi connectivity index (χ2n) is 5.22. The highest BCUT2D eigenvalue weighted by atomic mass is 35.5. The summed E-state index contributed by atoms with van der Waals surface area (Å²) in [5, 5.41) is 3.05. The molecule has 0 atom stereocenters. The first-order valence-electron chi connectivity index (χ1n) is 6.66. The maximum atomic E-state index is 12.6. The van der Waals surface area contributed by atoms with E-state index in [0.29, 0.717) is 10.7 Å². The van der Waals surface area contributed by atoms with Gasteiger partial charge < -0.3 is 10.2 Å².